The van der Waals surface area contributed by atoms with Gasteiger partial charge in [0.25, 0.3) is 0 Å². The van der Waals surface area contributed by atoms with Gasteiger partial charge in [0.15, 0.2) is 0 Å². The monoisotopic (exact) mass is 342 g/mol. The molecule has 0 aromatic heterocycles. The van der Waals surface area contributed by atoms with E-state index in [9.17, 15) is 9.18 Å². The summed E-state index contributed by atoms with van der Waals surface area (Å²) < 4.78 is 18.7. The van der Waals surface area contributed by atoms with Crippen molar-refractivity contribution in [1.29, 1.82) is 0 Å². The van der Waals surface area contributed by atoms with Gasteiger partial charge in [-0.25, -0.2) is 4.39 Å². The van der Waals surface area contributed by atoms with Gasteiger partial charge in [0, 0.05) is 25.2 Å². The molecule has 2 aliphatic rings. The summed E-state index contributed by atoms with van der Waals surface area (Å²) in [4.78, 5) is 12.3. The molecule has 1 heterocycles. The Balaban J connectivity index is 0.00000192. The third kappa shape index (κ3) is 4.22. The molecule has 0 radical (unpaired) electrons. The second-order valence-corrected chi connectivity index (χ2v) is 6.48. The third-order valence-electron chi connectivity index (χ3n) is 4.97. The summed E-state index contributed by atoms with van der Waals surface area (Å²) in [5.74, 6) is -0.137. The summed E-state index contributed by atoms with van der Waals surface area (Å²) in [5.41, 5.74) is 6.94. The van der Waals surface area contributed by atoms with Crippen molar-refractivity contribution in [3.63, 3.8) is 0 Å². The van der Waals surface area contributed by atoms with Crippen LogP contribution in [0, 0.1) is 11.7 Å². The Bertz CT molecular complexity index is 545. The van der Waals surface area contributed by atoms with Crippen molar-refractivity contribution in [2.24, 2.45) is 11.7 Å². The first-order chi connectivity index (χ1) is 10.6. The quantitative estimate of drug-likeness (QED) is 0.861. The molecule has 1 atom stereocenters. The molecule has 2 fully saturated rings. The fourth-order valence-corrected chi connectivity index (χ4v) is 3.20. The maximum atomic E-state index is 13.4. The summed E-state index contributed by atoms with van der Waals surface area (Å²) in [7, 11) is 0. The Kier molecular flexibility index (Phi) is 6.00. The van der Waals surface area contributed by atoms with Crippen molar-refractivity contribution < 1.29 is 13.9 Å². The van der Waals surface area contributed by atoms with E-state index in [4.69, 9.17) is 10.5 Å². The number of rotatable bonds is 5. The van der Waals surface area contributed by atoms with Gasteiger partial charge in [0.1, 0.15) is 5.82 Å². The van der Waals surface area contributed by atoms with Crippen LogP contribution in [0.5, 0.6) is 0 Å². The number of hydrogen-bond donors (Lipinski definition) is 2. The van der Waals surface area contributed by atoms with Gasteiger partial charge in [-0.2, -0.15) is 0 Å². The van der Waals surface area contributed by atoms with E-state index in [1.54, 1.807) is 12.1 Å². The van der Waals surface area contributed by atoms with E-state index in [0.29, 0.717) is 19.8 Å². The van der Waals surface area contributed by atoms with E-state index in [1.165, 1.54) is 6.07 Å². The Morgan fingerprint density at radius 2 is 2.09 bits per heavy atom. The molecule has 0 bridgehead atoms. The molecule has 1 amide bonds. The van der Waals surface area contributed by atoms with Crippen LogP contribution in [0.3, 0.4) is 0 Å². The van der Waals surface area contributed by atoms with E-state index in [1.807, 2.05) is 6.07 Å². The molecule has 4 nitrogen and oxygen atoms in total. The Morgan fingerprint density at radius 3 is 2.70 bits per heavy atom. The van der Waals surface area contributed by atoms with Gasteiger partial charge in [0.2, 0.25) is 5.91 Å². The fourth-order valence-electron chi connectivity index (χ4n) is 3.20. The predicted molar refractivity (Wildman–Crippen MR) is 89.1 cm³/mol. The Labute approximate surface area is 142 Å². The minimum absolute atomic E-state index is 0. The molecule has 1 aliphatic carbocycles. The maximum Gasteiger partial charge on any atom is 0.237 e. The number of carbonyl (C=O) groups is 1. The second kappa shape index (κ2) is 7.60. The van der Waals surface area contributed by atoms with Crippen molar-refractivity contribution >= 4 is 18.3 Å². The van der Waals surface area contributed by atoms with Crippen LogP contribution >= 0.6 is 12.4 Å². The van der Waals surface area contributed by atoms with Crippen LogP contribution in [0.2, 0.25) is 0 Å². The van der Waals surface area contributed by atoms with Crippen molar-refractivity contribution in [2.75, 3.05) is 19.8 Å². The first kappa shape index (κ1) is 18.2. The minimum Gasteiger partial charge on any atom is -0.381 e. The highest BCUT2D eigenvalue weighted by Crippen LogP contribution is 2.47. The lowest BCUT2D eigenvalue weighted by Crippen LogP contribution is -2.48. The second-order valence-electron chi connectivity index (χ2n) is 6.48. The van der Waals surface area contributed by atoms with Gasteiger partial charge in [-0.05, 0) is 49.3 Å². The highest BCUT2D eigenvalue weighted by Gasteiger charge is 2.44. The smallest absolute Gasteiger partial charge is 0.237 e. The first-order valence-corrected chi connectivity index (χ1v) is 7.98. The first-order valence-electron chi connectivity index (χ1n) is 7.98. The van der Waals surface area contributed by atoms with Crippen LogP contribution < -0.4 is 11.1 Å². The minimum atomic E-state index is -0.479. The number of benzene rings is 1. The normalized spacial score (nSPS) is 21.1. The SMILES string of the molecule is Cl.NC(C(=O)NCC1(c2cccc(F)c2)CC1)C1CCOCC1. The molecule has 23 heavy (non-hydrogen) atoms. The summed E-state index contributed by atoms with van der Waals surface area (Å²) in [6, 6.07) is 6.18. The zero-order valence-electron chi connectivity index (χ0n) is 13.1. The van der Waals surface area contributed by atoms with Crippen LogP contribution in [-0.4, -0.2) is 31.7 Å². The summed E-state index contributed by atoms with van der Waals surface area (Å²) in [6.07, 6.45) is 3.62. The standard InChI is InChI=1S/C17H23FN2O2.ClH/c18-14-3-1-2-13(10-14)17(6-7-17)11-20-16(21)15(19)12-4-8-22-9-5-12;/h1-3,10,12,15H,4-9,11,19H2,(H,20,21);1H. The molecule has 1 saturated carbocycles. The number of amides is 1. The lowest BCUT2D eigenvalue weighted by Gasteiger charge is -2.27. The van der Waals surface area contributed by atoms with Crippen molar-refractivity contribution in [3.05, 3.63) is 35.6 Å². The molecule has 128 valence electrons. The maximum absolute atomic E-state index is 13.4. The number of hydrogen-bond acceptors (Lipinski definition) is 3. The van der Waals surface area contributed by atoms with Gasteiger partial charge in [-0.3, -0.25) is 4.79 Å². The number of nitrogens with two attached hydrogens (primary N) is 1. The van der Waals surface area contributed by atoms with E-state index in [2.05, 4.69) is 5.32 Å². The van der Waals surface area contributed by atoms with Crippen molar-refractivity contribution in [2.45, 2.75) is 37.1 Å². The molecule has 1 saturated heterocycles. The third-order valence-corrected chi connectivity index (χ3v) is 4.97. The zero-order chi connectivity index (χ0) is 15.6. The lowest BCUT2D eigenvalue weighted by molar-refractivity contribution is -0.124. The molecule has 1 aromatic carbocycles. The molecule has 3 N–H and O–H groups in total. The van der Waals surface area contributed by atoms with Crippen LogP contribution in [0.1, 0.15) is 31.2 Å². The van der Waals surface area contributed by atoms with E-state index >= 15 is 0 Å². The molecule has 6 heteroatoms. The van der Waals surface area contributed by atoms with Crippen molar-refractivity contribution in [3.8, 4) is 0 Å². The molecule has 0 spiro atoms. The Hall–Kier alpha value is -1.17. The molecule has 1 aromatic rings. The number of carbonyl (C=O) groups excluding carboxylic acids is 1. The summed E-state index contributed by atoms with van der Waals surface area (Å²) >= 11 is 0. The largest absolute Gasteiger partial charge is 0.381 e. The fraction of sp³-hybridized carbons (Fsp3) is 0.588. The Morgan fingerprint density at radius 1 is 1.39 bits per heavy atom. The van der Waals surface area contributed by atoms with Gasteiger partial charge in [-0.15, -0.1) is 12.4 Å². The van der Waals surface area contributed by atoms with E-state index < -0.39 is 6.04 Å². The molecule has 1 aliphatic heterocycles. The molecule has 3 rings (SSSR count). The van der Waals surface area contributed by atoms with Gasteiger partial charge in [0.05, 0.1) is 6.04 Å². The van der Waals surface area contributed by atoms with Crippen LogP contribution in [-0.2, 0) is 14.9 Å². The van der Waals surface area contributed by atoms with Crippen LogP contribution in [0.15, 0.2) is 24.3 Å². The van der Waals surface area contributed by atoms with Gasteiger partial charge >= 0.3 is 0 Å². The number of halogens is 2. The lowest BCUT2D eigenvalue weighted by atomic mass is 9.91. The summed E-state index contributed by atoms with van der Waals surface area (Å²) in [6.45, 7) is 1.89. The van der Waals surface area contributed by atoms with Crippen molar-refractivity contribution in [1.82, 2.24) is 5.32 Å². The zero-order valence-corrected chi connectivity index (χ0v) is 13.9. The van der Waals surface area contributed by atoms with Gasteiger partial charge < -0.3 is 15.8 Å². The molecular weight excluding hydrogens is 319 g/mol. The van der Waals surface area contributed by atoms with E-state index in [-0.39, 0.29) is 35.5 Å². The summed E-state index contributed by atoms with van der Waals surface area (Å²) in [5, 5.41) is 2.97. The van der Waals surface area contributed by atoms with Gasteiger partial charge in [-0.1, -0.05) is 12.1 Å². The number of nitrogens with one attached hydrogen (secondary N) is 1. The van der Waals surface area contributed by atoms with Crippen LogP contribution in [0.4, 0.5) is 4.39 Å². The van der Waals surface area contributed by atoms with E-state index in [0.717, 1.165) is 31.2 Å². The highest BCUT2D eigenvalue weighted by molar-refractivity contribution is 5.85. The average molecular weight is 343 g/mol. The molecule has 1 unspecified atom stereocenters. The topological polar surface area (TPSA) is 64.4 Å². The number of ether oxygens (including phenoxy) is 1. The van der Waals surface area contributed by atoms with Crippen LogP contribution in [0.25, 0.3) is 0 Å². The molecular formula is C17H24ClFN2O2. The highest BCUT2D eigenvalue weighted by atomic mass is 35.5. The predicted octanol–water partition coefficient (Wildman–Crippen LogP) is 2.15. The average Bonchev–Trinajstić information content (AvgIpc) is 3.34.